The third kappa shape index (κ3) is 5.11. The second kappa shape index (κ2) is 7.17. The molecular weight excluding hydrogens is 269 g/mol. The van der Waals surface area contributed by atoms with Crippen LogP contribution in [-0.4, -0.2) is 5.91 Å². The molecule has 6 heteroatoms. The highest BCUT2D eigenvalue weighted by Gasteiger charge is 2.30. The van der Waals surface area contributed by atoms with Crippen LogP contribution in [-0.2, 0) is 11.0 Å². The molecule has 20 heavy (non-hydrogen) atoms. The summed E-state index contributed by atoms with van der Waals surface area (Å²) >= 11 is 0. The number of nitrogens with two attached hydrogens (primary N) is 1. The molecule has 0 aliphatic carbocycles. The summed E-state index contributed by atoms with van der Waals surface area (Å²) < 4.78 is 37.4. The molecule has 0 fully saturated rings. The lowest BCUT2D eigenvalue weighted by molar-refractivity contribution is -0.137. The van der Waals surface area contributed by atoms with Crippen molar-refractivity contribution < 1.29 is 18.0 Å². The summed E-state index contributed by atoms with van der Waals surface area (Å²) in [4.78, 5) is 11.6. The van der Waals surface area contributed by atoms with Crippen LogP contribution in [0.1, 0.15) is 44.6 Å². The summed E-state index contributed by atoms with van der Waals surface area (Å²) in [6.45, 7) is 2.07. The van der Waals surface area contributed by atoms with Crippen LogP contribution in [0.5, 0.6) is 0 Å². The van der Waals surface area contributed by atoms with Gasteiger partial charge in [0.05, 0.1) is 16.9 Å². The van der Waals surface area contributed by atoms with Crippen molar-refractivity contribution in [1.29, 1.82) is 0 Å². The molecule has 112 valence electrons. The first-order valence-electron chi connectivity index (χ1n) is 6.61. The number of nitrogen functional groups attached to an aromatic ring is 1. The molecule has 1 aromatic rings. The van der Waals surface area contributed by atoms with Gasteiger partial charge < -0.3 is 11.1 Å². The van der Waals surface area contributed by atoms with E-state index < -0.39 is 11.7 Å². The maximum Gasteiger partial charge on any atom is 0.416 e. The molecule has 0 aromatic heterocycles. The Balaban J connectivity index is 2.58. The van der Waals surface area contributed by atoms with Crippen molar-refractivity contribution in [1.82, 2.24) is 0 Å². The molecule has 3 N–H and O–H groups in total. The zero-order valence-electron chi connectivity index (χ0n) is 11.4. The first-order chi connectivity index (χ1) is 9.34. The third-order valence-corrected chi connectivity index (χ3v) is 2.91. The lowest BCUT2D eigenvalue weighted by atomic mass is 10.1. The maximum atomic E-state index is 12.5. The molecule has 0 heterocycles. The van der Waals surface area contributed by atoms with Gasteiger partial charge in [-0.3, -0.25) is 4.79 Å². The molecule has 1 aromatic carbocycles. The molecule has 0 spiro atoms. The molecule has 0 radical (unpaired) electrons. The Morgan fingerprint density at radius 1 is 1.25 bits per heavy atom. The van der Waals surface area contributed by atoms with E-state index in [4.69, 9.17) is 5.73 Å². The summed E-state index contributed by atoms with van der Waals surface area (Å²) in [6, 6.07) is 2.91. The van der Waals surface area contributed by atoms with Crippen LogP contribution in [0.15, 0.2) is 18.2 Å². The molecule has 0 aliphatic rings. The van der Waals surface area contributed by atoms with Gasteiger partial charge in [0, 0.05) is 6.42 Å². The lowest BCUT2D eigenvalue weighted by Crippen LogP contribution is -2.13. The van der Waals surface area contributed by atoms with Crippen LogP contribution < -0.4 is 11.1 Å². The normalized spacial score (nSPS) is 11.4. The largest absolute Gasteiger partial charge is 0.416 e. The highest BCUT2D eigenvalue weighted by molar-refractivity contribution is 5.93. The van der Waals surface area contributed by atoms with E-state index >= 15 is 0 Å². The Morgan fingerprint density at radius 3 is 2.50 bits per heavy atom. The number of hydrogen-bond acceptors (Lipinski definition) is 2. The molecule has 0 atom stereocenters. The van der Waals surface area contributed by atoms with Crippen molar-refractivity contribution in [3.8, 4) is 0 Å². The fourth-order valence-corrected chi connectivity index (χ4v) is 1.78. The van der Waals surface area contributed by atoms with Crippen molar-refractivity contribution in [2.45, 2.75) is 45.2 Å². The van der Waals surface area contributed by atoms with Crippen molar-refractivity contribution in [3.63, 3.8) is 0 Å². The van der Waals surface area contributed by atoms with Gasteiger partial charge in [-0.2, -0.15) is 13.2 Å². The molecule has 1 rings (SSSR count). The predicted octanol–water partition coefficient (Wildman–Crippen LogP) is 4.20. The van der Waals surface area contributed by atoms with E-state index in [1.165, 1.54) is 6.07 Å². The van der Waals surface area contributed by atoms with Gasteiger partial charge in [0.15, 0.2) is 0 Å². The van der Waals surface area contributed by atoms with Gasteiger partial charge in [-0.15, -0.1) is 0 Å². The smallest absolute Gasteiger partial charge is 0.397 e. The number of benzene rings is 1. The molecule has 1 amide bonds. The van der Waals surface area contributed by atoms with Gasteiger partial charge >= 0.3 is 6.18 Å². The first-order valence-corrected chi connectivity index (χ1v) is 6.61. The minimum absolute atomic E-state index is 0.0817. The predicted molar refractivity (Wildman–Crippen MR) is 73.2 cm³/mol. The Morgan fingerprint density at radius 2 is 1.95 bits per heavy atom. The van der Waals surface area contributed by atoms with Crippen LogP contribution in [0.3, 0.4) is 0 Å². The van der Waals surface area contributed by atoms with Gasteiger partial charge in [-0.1, -0.05) is 26.2 Å². The van der Waals surface area contributed by atoms with Crippen LogP contribution in [0.4, 0.5) is 24.5 Å². The van der Waals surface area contributed by atoms with E-state index in [1.807, 2.05) is 0 Å². The third-order valence-electron chi connectivity index (χ3n) is 2.91. The number of carbonyl (C=O) groups is 1. The summed E-state index contributed by atoms with van der Waals surface area (Å²) in [5.74, 6) is -0.229. The van der Waals surface area contributed by atoms with Gasteiger partial charge in [-0.25, -0.2) is 0 Å². The minimum atomic E-state index is -4.43. The second-order valence-electron chi connectivity index (χ2n) is 4.66. The van der Waals surface area contributed by atoms with E-state index in [9.17, 15) is 18.0 Å². The fourth-order valence-electron chi connectivity index (χ4n) is 1.78. The molecule has 0 saturated heterocycles. The quantitative estimate of drug-likeness (QED) is 0.609. The van der Waals surface area contributed by atoms with Crippen LogP contribution in [0, 0.1) is 0 Å². The van der Waals surface area contributed by atoms with E-state index in [-0.39, 0.29) is 17.3 Å². The number of unbranched alkanes of at least 4 members (excludes halogenated alkanes) is 3. The number of nitrogens with one attached hydrogen (secondary N) is 1. The maximum absolute atomic E-state index is 12.5. The minimum Gasteiger partial charge on any atom is -0.397 e. The van der Waals surface area contributed by atoms with Gasteiger partial charge in [0.2, 0.25) is 5.91 Å². The first kappa shape index (κ1) is 16.3. The van der Waals surface area contributed by atoms with Crippen LogP contribution >= 0.6 is 0 Å². The molecule has 3 nitrogen and oxygen atoms in total. The Labute approximate surface area is 116 Å². The van der Waals surface area contributed by atoms with Crippen molar-refractivity contribution >= 4 is 17.3 Å². The van der Waals surface area contributed by atoms with Gasteiger partial charge in [-0.05, 0) is 24.6 Å². The van der Waals surface area contributed by atoms with Crippen molar-refractivity contribution in [3.05, 3.63) is 23.8 Å². The van der Waals surface area contributed by atoms with Crippen molar-refractivity contribution in [2.75, 3.05) is 11.1 Å². The summed E-state index contributed by atoms with van der Waals surface area (Å²) in [5, 5.41) is 2.53. The topological polar surface area (TPSA) is 55.1 Å². The van der Waals surface area contributed by atoms with E-state index in [2.05, 4.69) is 12.2 Å². The number of halogens is 3. The van der Waals surface area contributed by atoms with Crippen molar-refractivity contribution in [2.24, 2.45) is 0 Å². The molecule has 0 saturated carbocycles. The summed E-state index contributed by atoms with van der Waals surface area (Å²) in [6.07, 6.45) is -0.215. The molecular formula is C14H19F3N2O. The Bertz CT molecular complexity index is 458. The van der Waals surface area contributed by atoms with E-state index in [0.717, 1.165) is 37.8 Å². The Kier molecular flexibility index (Phi) is 5.85. The second-order valence-corrected chi connectivity index (χ2v) is 4.66. The molecule has 0 bridgehead atoms. The van der Waals surface area contributed by atoms with Gasteiger partial charge in [0.25, 0.3) is 0 Å². The standard InChI is InChI=1S/C14H19F3N2O/c1-2-3-4-5-6-13(20)19-12-8-7-10(9-11(12)18)14(15,16)17/h7-9H,2-6,18H2,1H3,(H,19,20). The zero-order chi connectivity index (χ0) is 15.2. The Hall–Kier alpha value is -1.72. The summed E-state index contributed by atoms with van der Waals surface area (Å²) in [7, 11) is 0. The average Bonchev–Trinajstić information content (AvgIpc) is 2.36. The number of anilines is 2. The molecule has 0 unspecified atom stereocenters. The highest BCUT2D eigenvalue weighted by atomic mass is 19.4. The van der Waals surface area contributed by atoms with E-state index in [1.54, 1.807) is 0 Å². The summed E-state index contributed by atoms with van der Waals surface area (Å²) in [5.41, 5.74) is 4.84. The average molecular weight is 288 g/mol. The SMILES string of the molecule is CCCCCCC(=O)Nc1ccc(C(F)(F)F)cc1N. The number of carbonyl (C=O) groups excluding carboxylic acids is 1. The lowest BCUT2D eigenvalue weighted by Gasteiger charge is -2.11. The highest BCUT2D eigenvalue weighted by Crippen LogP contribution is 2.32. The fraction of sp³-hybridized carbons (Fsp3) is 0.500. The number of rotatable bonds is 6. The number of hydrogen-bond donors (Lipinski definition) is 2. The van der Waals surface area contributed by atoms with Crippen LogP contribution in [0.2, 0.25) is 0 Å². The number of alkyl halides is 3. The zero-order valence-corrected chi connectivity index (χ0v) is 11.4. The van der Waals surface area contributed by atoms with E-state index in [0.29, 0.717) is 6.42 Å². The van der Waals surface area contributed by atoms with Crippen LogP contribution in [0.25, 0.3) is 0 Å². The van der Waals surface area contributed by atoms with Gasteiger partial charge in [0.1, 0.15) is 0 Å². The molecule has 0 aliphatic heterocycles. The monoisotopic (exact) mass is 288 g/mol. The number of amides is 1.